The third-order valence-corrected chi connectivity index (χ3v) is 2.53. The van der Waals surface area contributed by atoms with E-state index in [9.17, 15) is 13.9 Å². The van der Waals surface area contributed by atoms with Crippen LogP contribution in [0, 0.1) is 18.6 Å². The van der Waals surface area contributed by atoms with Crippen LogP contribution < -0.4 is 0 Å². The minimum atomic E-state index is -0.789. The van der Waals surface area contributed by atoms with E-state index in [0.29, 0.717) is 17.5 Å². The molecule has 0 bridgehead atoms. The van der Waals surface area contributed by atoms with Gasteiger partial charge in [0.05, 0.1) is 6.10 Å². The number of aliphatic hydroxyl groups is 1. The lowest BCUT2D eigenvalue weighted by atomic mass is 9.94. The second-order valence-electron chi connectivity index (χ2n) is 4.09. The minimum Gasteiger partial charge on any atom is -0.393 e. The Morgan fingerprint density at radius 2 is 1.80 bits per heavy atom. The Hall–Kier alpha value is -0.960. The molecule has 3 heteroatoms. The highest BCUT2D eigenvalue weighted by molar-refractivity contribution is 5.27. The molecule has 0 aliphatic rings. The molecule has 1 aromatic rings. The van der Waals surface area contributed by atoms with E-state index in [1.807, 2.05) is 0 Å². The molecule has 0 aromatic heterocycles. The molecule has 0 spiro atoms. The zero-order valence-electron chi connectivity index (χ0n) is 9.22. The maximum absolute atomic E-state index is 13.5. The Morgan fingerprint density at radius 3 is 2.33 bits per heavy atom. The van der Waals surface area contributed by atoms with E-state index in [1.54, 1.807) is 26.0 Å². The quantitative estimate of drug-likeness (QED) is 0.819. The molecule has 0 aliphatic carbocycles. The lowest BCUT2D eigenvalue weighted by molar-refractivity contribution is 0.176. The number of halogens is 2. The van der Waals surface area contributed by atoms with Gasteiger partial charge >= 0.3 is 0 Å². The molecular weight excluding hydrogens is 198 g/mol. The highest BCUT2D eigenvalue weighted by Gasteiger charge is 2.17. The van der Waals surface area contributed by atoms with Gasteiger partial charge < -0.3 is 5.11 Å². The van der Waals surface area contributed by atoms with Gasteiger partial charge in [0.25, 0.3) is 0 Å². The van der Waals surface area contributed by atoms with Crippen LogP contribution in [-0.2, 0) is 0 Å². The van der Waals surface area contributed by atoms with E-state index in [-0.39, 0.29) is 5.92 Å². The van der Waals surface area contributed by atoms with E-state index < -0.39 is 17.7 Å². The largest absolute Gasteiger partial charge is 0.393 e. The van der Waals surface area contributed by atoms with E-state index >= 15 is 0 Å². The van der Waals surface area contributed by atoms with Crippen LogP contribution in [0.1, 0.15) is 37.3 Å². The highest BCUT2D eigenvalue weighted by Crippen LogP contribution is 2.26. The fraction of sp³-hybridized carbons (Fsp3) is 0.500. The van der Waals surface area contributed by atoms with Crippen LogP contribution in [0.5, 0.6) is 0 Å². The van der Waals surface area contributed by atoms with Gasteiger partial charge in [-0.05, 0) is 37.3 Å². The van der Waals surface area contributed by atoms with Gasteiger partial charge in [-0.1, -0.05) is 19.1 Å². The van der Waals surface area contributed by atoms with Crippen molar-refractivity contribution in [3.8, 4) is 0 Å². The molecule has 1 N–H and O–H groups in total. The molecule has 0 fully saturated rings. The summed E-state index contributed by atoms with van der Waals surface area (Å²) in [5, 5.41) is 9.18. The minimum absolute atomic E-state index is 0.180. The molecule has 0 saturated carbocycles. The average Bonchev–Trinajstić information content (AvgIpc) is 2.13. The maximum Gasteiger partial charge on any atom is 0.162 e. The Kier molecular flexibility index (Phi) is 3.80. The van der Waals surface area contributed by atoms with Crippen molar-refractivity contribution in [1.29, 1.82) is 0 Å². The molecule has 0 heterocycles. The molecule has 84 valence electrons. The predicted octanol–water partition coefficient (Wildman–Crippen LogP) is 3.15. The highest BCUT2D eigenvalue weighted by atomic mass is 19.2. The zero-order chi connectivity index (χ0) is 11.6. The summed E-state index contributed by atoms with van der Waals surface area (Å²) < 4.78 is 26.8. The van der Waals surface area contributed by atoms with Crippen molar-refractivity contribution in [3.05, 3.63) is 34.9 Å². The molecule has 0 saturated heterocycles. The van der Waals surface area contributed by atoms with Crippen LogP contribution in [0.15, 0.2) is 12.1 Å². The molecule has 2 unspecified atom stereocenters. The molecular formula is C12H16F2O. The van der Waals surface area contributed by atoms with Gasteiger partial charge in [0.15, 0.2) is 11.6 Å². The number of aryl methyl sites for hydroxylation is 1. The summed E-state index contributed by atoms with van der Waals surface area (Å²) in [7, 11) is 0. The summed E-state index contributed by atoms with van der Waals surface area (Å²) in [5.41, 5.74) is 0.638. The normalized spacial score (nSPS) is 15.1. The Bertz CT molecular complexity index is 348. The average molecular weight is 214 g/mol. The molecule has 2 atom stereocenters. The number of benzene rings is 1. The summed E-state index contributed by atoms with van der Waals surface area (Å²) in [4.78, 5) is 0. The molecule has 1 rings (SSSR count). The van der Waals surface area contributed by atoms with Crippen molar-refractivity contribution in [2.45, 2.75) is 39.2 Å². The Morgan fingerprint density at radius 1 is 1.20 bits per heavy atom. The fourth-order valence-electron chi connectivity index (χ4n) is 1.68. The van der Waals surface area contributed by atoms with E-state index in [2.05, 4.69) is 0 Å². The SMILES string of the molecule is Cc1ccc(C(C)CC(C)O)c(F)c1F. The smallest absolute Gasteiger partial charge is 0.162 e. The fourth-order valence-corrected chi connectivity index (χ4v) is 1.68. The summed E-state index contributed by atoms with van der Waals surface area (Å²) in [5.74, 6) is -1.76. The first kappa shape index (κ1) is 12.1. The number of hydrogen-bond acceptors (Lipinski definition) is 1. The van der Waals surface area contributed by atoms with E-state index in [4.69, 9.17) is 0 Å². The van der Waals surface area contributed by atoms with Crippen LogP contribution in [0.4, 0.5) is 8.78 Å². The summed E-state index contributed by atoms with van der Waals surface area (Å²) >= 11 is 0. The second-order valence-corrected chi connectivity index (χ2v) is 4.09. The van der Waals surface area contributed by atoms with Crippen molar-refractivity contribution >= 4 is 0 Å². The van der Waals surface area contributed by atoms with E-state index in [1.165, 1.54) is 6.92 Å². The maximum atomic E-state index is 13.5. The zero-order valence-corrected chi connectivity index (χ0v) is 9.22. The van der Waals surface area contributed by atoms with Gasteiger partial charge in [0.2, 0.25) is 0 Å². The first-order valence-electron chi connectivity index (χ1n) is 5.06. The predicted molar refractivity (Wildman–Crippen MR) is 55.8 cm³/mol. The molecule has 0 aliphatic heterocycles. The molecule has 1 aromatic carbocycles. The van der Waals surface area contributed by atoms with Crippen molar-refractivity contribution in [2.75, 3.05) is 0 Å². The first-order chi connectivity index (χ1) is 6.93. The van der Waals surface area contributed by atoms with Crippen molar-refractivity contribution in [1.82, 2.24) is 0 Å². The van der Waals surface area contributed by atoms with Crippen LogP contribution in [0.2, 0.25) is 0 Å². The van der Waals surface area contributed by atoms with Gasteiger partial charge in [0, 0.05) is 0 Å². The third kappa shape index (κ3) is 2.75. The summed E-state index contributed by atoms with van der Waals surface area (Å²) in [6.45, 7) is 4.94. The van der Waals surface area contributed by atoms with Gasteiger partial charge in [-0.25, -0.2) is 8.78 Å². The summed E-state index contributed by atoms with van der Waals surface area (Å²) in [6.07, 6.45) is -0.0804. The van der Waals surface area contributed by atoms with E-state index in [0.717, 1.165) is 0 Å². The third-order valence-electron chi connectivity index (χ3n) is 2.53. The van der Waals surface area contributed by atoms with Crippen molar-refractivity contribution < 1.29 is 13.9 Å². The topological polar surface area (TPSA) is 20.2 Å². The van der Waals surface area contributed by atoms with Crippen LogP contribution in [-0.4, -0.2) is 11.2 Å². The van der Waals surface area contributed by atoms with Crippen molar-refractivity contribution in [2.24, 2.45) is 0 Å². The Balaban J connectivity index is 3.00. The van der Waals surface area contributed by atoms with Crippen molar-refractivity contribution in [3.63, 3.8) is 0 Å². The number of aliphatic hydroxyl groups excluding tert-OH is 1. The van der Waals surface area contributed by atoms with Gasteiger partial charge in [-0.2, -0.15) is 0 Å². The summed E-state index contributed by atoms with van der Waals surface area (Å²) in [6, 6.07) is 3.15. The van der Waals surface area contributed by atoms with Crippen LogP contribution >= 0.6 is 0 Å². The first-order valence-corrected chi connectivity index (χ1v) is 5.06. The molecule has 15 heavy (non-hydrogen) atoms. The lowest BCUT2D eigenvalue weighted by Gasteiger charge is -2.15. The lowest BCUT2D eigenvalue weighted by Crippen LogP contribution is -2.08. The molecule has 0 amide bonds. The van der Waals surface area contributed by atoms with Crippen LogP contribution in [0.25, 0.3) is 0 Å². The molecule has 0 radical (unpaired) electrons. The number of rotatable bonds is 3. The van der Waals surface area contributed by atoms with Gasteiger partial charge in [-0.3, -0.25) is 0 Å². The monoisotopic (exact) mass is 214 g/mol. The Labute approximate surface area is 88.7 Å². The number of hydrogen-bond donors (Lipinski definition) is 1. The molecule has 1 nitrogen and oxygen atoms in total. The second kappa shape index (κ2) is 4.71. The van der Waals surface area contributed by atoms with Crippen LogP contribution in [0.3, 0.4) is 0 Å². The van der Waals surface area contributed by atoms with Gasteiger partial charge in [0.1, 0.15) is 0 Å². The van der Waals surface area contributed by atoms with Gasteiger partial charge in [-0.15, -0.1) is 0 Å². The standard InChI is InChI=1S/C12H16F2O/c1-7-4-5-10(12(14)11(7)13)8(2)6-9(3)15/h4-5,8-9,15H,6H2,1-3H3.